The van der Waals surface area contributed by atoms with Crippen molar-refractivity contribution in [2.24, 2.45) is 11.8 Å². The van der Waals surface area contributed by atoms with Gasteiger partial charge in [-0.05, 0) is 63.0 Å². The van der Waals surface area contributed by atoms with E-state index in [1.54, 1.807) is 6.07 Å². The molecule has 0 spiro atoms. The molecule has 3 N–H and O–H groups in total. The summed E-state index contributed by atoms with van der Waals surface area (Å²) in [6.45, 7) is 0.270. The Morgan fingerprint density at radius 3 is 2.70 bits per heavy atom. The number of aliphatic hydroxyl groups is 2. The number of carbonyl (C=O) groups is 1. The quantitative estimate of drug-likeness (QED) is 0.259. The molecule has 6 heteroatoms. The summed E-state index contributed by atoms with van der Waals surface area (Å²) in [7, 11) is 0. The van der Waals surface area contributed by atoms with E-state index in [0.717, 1.165) is 56.2 Å². The van der Waals surface area contributed by atoms with E-state index < -0.39 is 5.97 Å². The van der Waals surface area contributed by atoms with Crippen molar-refractivity contribution in [2.45, 2.75) is 69.3 Å². The second kappa shape index (κ2) is 11.8. The number of allylic oxidation sites excluding steroid dienone is 1. The maximum Gasteiger partial charge on any atom is 0.345 e. The third kappa shape index (κ3) is 7.22. The van der Waals surface area contributed by atoms with Crippen LogP contribution in [0.5, 0.6) is 0 Å². The number of hydrogen-bond donors (Lipinski definition) is 3. The van der Waals surface area contributed by atoms with E-state index in [1.165, 1.54) is 11.3 Å². The summed E-state index contributed by atoms with van der Waals surface area (Å²) in [4.78, 5) is 12.4. The van der Waals surface area contributed by atoms with Crippen molar-refractivity contribution < 1.29 is 20.1 Å². The fourth-order valence-corrected chi connectivity index (χ4v) is 5.22. The van der Waals surface area contributed by atoms with Crippen LogP contribution in [0.15, 0.2) is 24.3 Å². The Bertz CT molecular complexity index is 601. The topological polar surface area (TPSA) is 77.8 Å². The molecule has 0 amide bonds. The summed E-state index contributed by atoms with van der Waals surface area (Å²) in [6, 6.07) is 3.56. The number of aliphatic hydroxyl groups excluding tert-OH is 2. The van der Waals surface area contributed by atoms with Gasteiger partial charge >= 0.3 is 5.97 Å². The van der Waals surface area contributed by atoms with Gasteiger partial charge in [-0.25, -0.2) is 4.79 Å². The van der Waals surface area contributed by atoms with Crippen LogP contribution < -0.4 is 0 Å². The highest BCUT2D eigenvalue weighted by molar-refractivity contribution is 7.13. The van der Waals surface area contributed by atoms with Gasteiger partial charge in [-0.1, -0.05) is 25.0 Å². The van der Waals surface area contributed by atoms with Crippen molar-refractivity contribution in [3.8, 4) is 0 Å². The second-order valence-corrected chi connectivity index (χ2v) is 9.11. The Morgan fingerprint density at radius 2 is 2.00 bits per heavy atom. The average molecular weight is 415 g/mol. The number of aromatic carboxylic acids is 1. The first-order valence-electron chi connectivity index (χ1n) is 9.94. The summed E-state index contributed by atoms with van der Waals surface area (Å²) in [6.07, 6.45) is 12.5. The van der Waals surface area contributed by atoms with E-state index in [9.17, 15) is 9.90 Å². The van der Waals surface area contributed by atoms with E-state index in [4.69, 9.17) is 21.8 Å². The minimum absolute atomic E-state index is 0.00267. The first-order valence-corrected chi connectivity index (χ1v) is 11.2. The van der Waals surface area contributed by atoms with E-state index in [1.807, 2.05) is 6.07 Å². The molecule has 0 aromatic carbocycles. The molecule has 0 unspecified atom stereocenters. The molecule has 1 fully saturated rings. The summed E-state index contributed by atoms with van der Waals surface area (Å²) in [5.74, 6) is -0.485. The van der Waals surface area contributed by atoms with Crippen molar-refractivity contribution >= 4 is 28.9 Å². The van der Waals surface area contributed by atoms with Gasteiger partial charge in [0.25, 0.3) is 0 Å². The Labute approximate surface area is 170 Å². The smallest absolute Gasteiger partial charge is 0.345 e. The molecule has 1 aliphatic rings. The molecule has 4 atom stereocenters. The number of carboxylic acid groups (broad SMARTS) is 1. The Morgan fingerprint density at radius 1 is 1.22 bits per heavy atom. The highest BCUT2D eigenvalue weighted by Crippen LogP contribution is 2.40. The first-order chi connectivity index (χ1) is 13.0. The van der Waals surface area contributed by atoms with Crippen LogP contribution in [0.4, 0.5) is 0 Å². The summed E-state index contributed by atoms with van der Waals surface area (Å²) >= 11 is 7.84. The summed E-state index contributed by atoms with van der Waals surface area (Å²) in [5, 5.41) is 28.1. The lowest BCUT2D eigenvalue weighted by Gasteiger charge is -2.20. The standard InChI is InChI=1S/C21H31ClO4S/c22-18-14-19(24)17(9-5-3-1-2-4-6-13-23)16(18)10-7-8-15-11-12-20(27-15)21(25)26/h5,9,11-12,16-19,23-24H,1-4,6-8,10,13-14H2,(H,25,26)/b9-5+/t16-,17-,18-,19-/m1/s1. The molecule has 1 saturated carbocycles. The number of rotatable bonds is 12. The van der Waals surface area contributed by atoms with Gasteiger partial charge in [-0.2, -0.15) is 0 Å². The SMILES string of the molecule is O=C(O)c1ccc(CCC[C@@H]2[C@@H](/C=C/CCCCCCO)[C@H](O)C[C@H]2Cl)s1. The monoisotopic (exact) mass is 414 g/mol. The van der Waals surface area contributed by atoms with E-state index >= 15 is 0 Å². The molecule has 0 radical (unpaired) electrons. The zero-order chi connectivity index (χ0) is 19.6. The molecule has 0 bridgehead atoms. The fourth-order valence-electron chi connectivity index (χ4n) is 3.85. The second-order valence-electron chi connectivity index (χ2n) is 7.38. The van der Waals surface area contributed by atoms with Crippen LogP contribution in [0.25, 0.3) is 0 Å². The molecule has 0 aliphatic heterocycles. The van der Waals surface area contributed by atoms with Gasteiger partial charge in [0.15, 0.2) is 0 Å². The minimum Gasteiger partial charge on any atom is -0.477 e. The number of aryl methyl sites for hydroxylation is 1. The van der Waals surface area contributed by atoms with Crippen LogP contribution in [0.3, 0.4) is 0 Å². The molecule has 1 heterocycles. The van der Waals surface area contributed by atoms with Crippen LogP contribution in [0, 0.1) is 11.8 Å². The van der Waals surface area contributed by atoms with Crippen LogP contribution >= 0.6 is 22.9 Å². The van der Waals surface area contributed by atoms with Gasteiger partial charge < -0.3 is 15.3 Å². The van der Waals surface area contributed by atoms with Crippen molar-refractivity contribution in [2.75, 3.05) is 6.61 Å². The Balaban J connectivity index is 1.77. The van der Waals surface area contributed by atoms with Gasteiger partial charge in [-0.15, -0.1) is 22.9 Å². The van der Waals surface area contributed by atoms with Gasteiger partial charge in [0, 0.05) is 22.8 Å². The lowest BCUT2D eigenvalue weighted by atomic mass is 9.89. The highest BCUT2D eigenvalue weighted by atomic mass is 35.5. The highest BCUT2D eigenvalue weighted by Gasteiger charge is 2.39. The molecule has 1 aromatic rings. The number of hydrogen-bond acceptors (Lipinski definition) is 4. The average Bonchev–Trinajstić information content (AvgIpc) is 3.20. The lowest BCUT2D eigenvalue weighted by molar-refractivity contribution is 0.0702. The number of alkyl halides is 1. The zero-order valence-corrected chi connectivity index (χ0v) is 17.3. The zero-order valence-electron chi connectivity index (χ0n) is 15.7. The van der Waals surface area contributed by atoms with Crippen LogP contribution in [-0.2, 0) is 6.42 Å². The van der Waals surface area contributed by atoms with Gasteiger partial charge in [-0.3, -0.25) is 0 Å². The molecule has 2 rings (SSSR count). The number of unbranched alkanes of at least 4 members (excludes halogenated alkanes) is 4. The van der Waals surface area contributed by atoms with Crippen molar-refractivity contribution in [1.82, 2.24) is 0 Å². The molecule has 152 valence electrons. The predicted molar refractivity (Wildman–Crippen MR) is 111 cm³/mol. The van der Waals surface area contributed by atoms with Crippen molar-refractivity contribution in [3.05, 3.63) is 34.0 Å². The van der Waals surface area contributed by atoms with Crippen molar-refractivity contribution in [1.29, 1.82) is 0 Å². The van der Waals surface area contributed by atoms with E-state index in [-0.39, 0.29) is 29.9 Å². The maximum atomic E-state index is 11.0. The molecule has 27 heavy (non-hydrogen) atoms. The molecular formula is C21H31ClO4S. The molecule has 0 saturated heterocycles. The minimum atomic E-state index is -0.868. The van der Waals surface area contributed by atoms with Crippen LogP contribution in [0.1, 0.15) is 65.9 Å². The third-order valence-electron chi connectivity index (χ3n) is 5.34. The number of carboxylic acids is 1. The molecule has 1 aliphatic carbocycles. The summed E-state index contributed by atoms with van der Waals surface area (Å²) in [5.41, 5.74) is 0. The molecule has 4 nitrogen and oxygen atoms in total. The van der Waals surface area contributed by atoms with Crippen LogP contribution in [-0.4, -0.2) is 39.4 Å². The maximum absolute atomic E-state index is 11.0. The first kappa shape index (κ1) is 22.4. The van der Waals surface area contributed by atoms with Crippen molar-refractivity contribution in [3.63, 3.8) is 0 Å². The Kier molecular flexibility index (Phi) is 9.83. The Hall–Kier alpha value is -0.880. The lowest BCUT2D eigenvalue weighted by Crippen LogP contribution is -2.18. The third-order valence-corrected chi connectivity index (χ3v) is 6.98. The van der Waals surface area contributed by atoms with Crippen LogP contribution in [0.2, 0.25) is 0 Å². The van der Waals surface area contributed by atoms with Gasteiger partial charge in [0.1, 0.15) is 4.88 Å². The molecular weight excluding hydrogens is 384 g/mol. The molecule has 1 aromatic heterocycles. The van der Waals surface area contributed by atoms with Gasteiger partial charge in [0.2, 0.25) is 0 Å². The largest absolute Gasteiger partial charge is 0.477 e. The normalized spacial score (nSPS) is 25.4. The van der Waals surface area contributed by atoms with Gasteiger partial charge in [0.05, 0.1) is 6.10 Å². The fraction of sp³-hybridized carbons (Fsp3) is 0.667. The summed E-state index contributed by atoms with van der Waals surface area (Å²) < 4.78 is 0. The number of halogens is 1. The number of thiophene rings is 1. The van der Waals surface area contributed by atoms with E-state index in [0.29, 0.717) is 11.3 Å². The van der Waals surface area contributed by atoms with E-state index in [2.05, 4.69) is 12.2 Å². The predicted octanol–water partition coefficient (Wildman–Crippen LogP) is 4.87.